The SMILES string of the molecule is O=C(CCCN1C(=O)NC2(CCCC2)C1=O)OCC(=O)c1c[nH]c2ccccc12. The number of carbonyl (C=O) groups is 4. The Kier molecular flexibility index (Phi) is 5.08. The monoisotopic (exact) mass is 397 g/mol. The molecule has 1 aromatic carbocycles. The maximum Gasteiger partial charge on any atom is 0.325 e. The first kappa shape index (κ1) is 19.2. The lowest BCUT2D eigenvalue weighted by Crippen LogP contribution is -2.44. The molecular weight excluding hydrogens is 374 g/mol. The summed E-state index contributed by atoms with van der Waals surface area (Å²) >= 11 is 0. The first-order valence-electron chi connectivity index (χ1n) is 9.89. The minimum Gasteiger partial charge on any atom is -0.457 e. The summed E-state index contributed by atoms with van der Waals surface area (Å²) in [7, 11) is 0. The van der Waals surface area contributed by atoms with Crippen LogP contribution in [0.4, 0.5) is 4.79 Å². The van der Waals surface area contributed by atoms with Gasteiger partial charge in [-0.15, -0.1) is 0 Å². The third-order valence-electron chi connectivity index (χ3n) is 5.72. The molecule has 3 amide bonds. The molecule has 29 heavy (non-hydrogen) atoms. The molecular formula is C21H23N3O5. The molecule has 2 N–H and O–H groups in total. The standard InChI is InChI=1S/C21H23N3O5/c25-17(15-12-22-16-7-2-1-6-14(15)16)13-29-18(26)8-5-11-24-19(27)21(23-20(24)28)9-3-4-10-21/h1-2,6-7,12,22H,3-5,8-11,13H2,(H,23,28). The third kappa shape index (κ3) is 3.62. The zero-order valence-electron chi connectivity index (χ0n) is 16.0. The van der Waals surface area contributed by atoms with Gasteiger partial charge in [0.15, 0.2) is 6.61 Å². The number of urea groups is 1. The van der Waals surface area contributed by atoms with Crippen molar-refractivity contribution in [3.05, 3.63) is 36.0 Å². The first-order chi connectivity index (χ1) is 14.0. The molecule has 2 fully saturated rings. The molecule has 1 aromatic heterocycles. The summed E-state index contributed by atoms with van der Waals surface area (Å²) in [5.41, 5.74) is 0.592. The second-order valence-corrected chi connectivity index (χ2v) is 7.61. The van der Waals surface area contributed by atoms with Gasteiger partial charge in [-0.05, 0) is 25.3 Å². The van der Waals surface area contributed by atoms with Crippen molar-refractivity contribution in [2.45, 2.75) is 44.1 Å². The van der Waals surface area contributed by atoms with Gasteiger partial charge in [0.05, 0.1) is 0 Å². The Morgan fingerprint density at radius 3 is 2.69 bits per heavy atom. The zero-order valence-corrected chi connectivity index (χ0v) is 16.0. The van der Waals surface area contributed by atoms with Gasteiger partial charge < -0.3 is 15.0 Å². The fourth-order valence-electron chi connectivity index (χ4n) is 4.18. The Bertz CT molecular complexity index is 974. The molecule has 0 unspecified atom stereocenters. The van der Waals surface area contributed by atoms with E-state index in [4.69, 9.17) is 4.74 Å². The maximum atomic E-state index is 12.5. The van der Waals surface area contributed by atoms with Crippen LogP contribution in [0.2, 0.25) is 0 Å². The predicted molar refractivity (Wildman–Crippen MR) is 104 cm³/mol. The van der Waals surface area contributed by atoms with E-state index in [1.54, 1.807) is 6.20 Å². The number of H-pyrrole nitrogens is 1. The molecule has 4 rings (SSSR count). The molecule has 1 saturated heterocycles. The molecule has 2 aliphatic rings. The highest BCUT2D eigenvalue weighted by Gasteiger charge is 2.52. The molecule has 0 bridgehead atoms. The van der Waals surface area contributed by atoms with E-state index in [0.29, 0.717) is 24.8 Å². The number of aromatic nitrogens is 1. The van der Waals surface area contributed by atoms with Crippen molar-refractivity contribution in [1.82, 2.24) is 15.2 Å². The van der Waals surface area contributed by atoms with Crippen molar-refractivity contribution in [3.63, 3.8) is 0 Å². The molecule has 1 aliphatic carbocycles. The quantitative estimate of drug-likeness (QED) is 0.424. The molecule has 1 spiro atoms. The van der Waals surface area contributed by atoms with Crippen LogP contribution in [0, 0.1) is 0 Å². The van der Waals surface area contributed by atoms with Gasteiger partial charge in [0.2, 0.25) is 5.78 Å². The van der Waals surface area contributed by atoms with Crippen LogP contribution in [-0.2, 0) is 14.3 Å². The molecule has 0 radical (unpaired) electrons. The average molecular weight is 397 g/mol. The van der Waals surface area contributed by atoms with Gasteiger partial charge in [-0.25, -0.2) is 4.79 Å². The van der Waals surface area contributed by atoms with E-state index in [2.05, 4.69) is 10.3 Å². The van der Waals surface area contributed by atoms with Crippen molar-refractivity contribution in [3.8, 4) is 0 Å². The number of Topliss-reactive ketones (excluding diaryl/α,β-unsaturated/α-hetero) is 1. The topological polar surface area (TPSA) is 109 Å². The van der Waals surface area contributed by atoms with E-state index in [1.807, 2.05) is 24.3 Å². The maximum absolute atomic E-state index is 12.5. The number of para-hydroxylation sites is 1. The summed E-state index contributed by atoms with van der Waals surface area (Å²) in [6, 6.07) is 7.01. The van der Waals surface area contributed by atoms with Crippen molar-refractivity contribution >= 4 is 34.6 Å². The van der Waals surface area contributed by atoms with Crippen LogP contribution >= 0.6 is 0 Å². The fraction of sp³-hybridized carbons (Fsp3) is 0.429. The number of nitrogens with zero attached hydrogens (tertiary/aromatic N) is 1. The van der Waals surface area contributed by atoms with Crippen LogP contribution in [0.3, 0.4) is 0 Å². The summed E-state index contributed by atoms with van der Waals surface area (Å²) in [6.07, 6.45) is 5.14. The van der Waals surface area contributed by atoms with Crippen LogP contribution in [0.1, 0.15) is 48.9 Å². The minimum atomic E-state index is -0.733. The van der Waals surface area contributed by atoms with E-state index in [1.165, 1.54) is 4.90 Å². The fourth-order valence-corrected chi connectivity index (χ4v) is 4.18. The second kappa shape index (κ2) is 7.69. The Labute approximate surface area is 167 Å². The molecule has 1 saturated carbocycles. The first-order valence-corrected chi connectivity index (χ1v) is 9.89. The molecule has 0 atom stereocenters. The summed E-state index contributed by atoms with van der Waals surface area (Å²) in [6.45, 7) is -0.176. The van der Waals surface area contributed by atoms with Crippen LogP contribution in [0.5, 0.6) is 0 Å². The summed E-state index contributed by atoms with van der Waals surface area (Å²) in [4.78, 5) is 53.2. The number of ether oxygens (including phenoxy) is 1. The number of aromatic amines is 1. The van der Waals surface area contributed by atoms with Gasteiger partial charge in [0.1, 0.15) is 5.54 Å². The molecule has 8 heteroatoms. The number of nitrogens with one attached hydrogen (secondary N) is 2. The van der Waals surface area contributed by atoms with Gasteiger partial charge in [-0.3, -0.25) is 19.3 Å². The molecule has 1 aliphatic heterocycles. The van der Waals surface area contributed by atoms with Crippen molar-refractivity contribution < 1.29 is 23.9 Å². The smallest absolute Gasteiger partial charge is 0.325 e. The van der Waals surface area contributed by atoms with Crippen LogP contribution in [-0.4, -0.2) is 52.3 Å². The number of imide groups is 1. The van der Waals surface area contributed by atoms with Crippen LogP contribution in [0.25, 0.3) is 10.9 Å². The van der Waals surface area contributed by atoms with Gasteiger partial charge >= 0.3 is 12.0 Å². The summed E-state index contributed by atoms with van der Waals surface area (Å²) in [5, 5.41) is 3.60. The zero-order chi connectivity index (χ0) is 20.4. The van der Waals surface area contributed by atoms with Gasteiger partial charge in [0, 0.05) is 35.6 Å². The number of rotatable bonds is 7. The highest BCUT2D eigenvalue weighted by Crippen LogP contribution is 2.35. The predicted octanol–water partition coefficient (Wildman–Crippen LogP) is 2.54. The van der Waals surface area contributed by atoms with Gasteiger partial charge in [-0.2, -0.15) is 0 Å². The number of carbonyl (C=O) groups excluding carboxylic acids is 4. The summed E-state index contributed by atoms with van der Waals surface area (Å²) in [5.74, 6) is -1.00. The Morgan fingerprint density at radius 1 is 1.14 bits per heavy atom. The Balaban J connectivity index is 1.24. The number of hydrogen-bond donors (Lipinski definition) is 2. The largest absolute Gasteiger partial charge is 0.457 e. The number of fused-ring (bicyclic) bond motifs is 1. The third-order valence-corrected chi connectivity index (χ3v) is 5.72. The van der Waals surface area contributed by atoms with E-state index >= 15 is 0 Å². The summed E-state index contributed by atoms with van der Waals surface area (Å²) < 4.78 is 5.08. The van der Waals surface area contributed by atoms with Gasteiger partial charge in [0.25, 0.3) is 5.91 Å². The lowest BCUT2D eigenvalue weighted by molar-refractivity contribution is -0.143. The van der Waals surface area contributed by atoms with E-state index in [9.17, 15) is 19.2 Å². The number of benzene rings is 1. The van der Waals surface area contributed by atoms with E-state index in [-0.39, 0.29) is 37.3 Å². The Hall–Kier alpha value is -3.16. The molecule has 152 valence electrons. The van der Waals surface area contributed by atoms with Crippen molar-refractivity contribution in [2.24, 2.45) is 0 Å². The van der Waals surface area contributed by atoms with Gasteiger partial charge in [-0.1, -0.05) is 31.0 Å². The lowest BCUT2D eigenvalue weighted by atomic mass is 9.98. The number of esters is 1. The highest BCUT2D eigenvalue weighted by atomic mass is 16.5. The van der Waals surface area contributed by atoms with Crippen molar-refractivity contribution in [2.75, 3.05) is 13.2 Å². The highest BCUT2D eigenvalue weighted by molar-refractivity contribution is 6.09. The number of hydrogen-bond acceptors (Lipinski definition) is 5. The second-order valence-electron chi connectivity index (χ2n) is 7.61. The lowest BCUT2D eigenvalue weighted by Gasteiger charge is -2.19. The van der Waals surface area contributed by atoms with Crippen LogP contribution < -0.4 is 5.32 Å². The van der Waals surface area contributed by atoms with E-state index in [0.717, 1.165) is 23.7 Å². The van der Waals surface area contributed by atoms with Crippen LogP contribution in [0.15, 0.2) is 30.5 Å². The van der Waals surface area contributed by atoms with E-state index < -0.39 is 11.5 Å². The average Bonchev–Trinajstić information content (AvgIpc) is 3.41. The minimum absolute atomic E-state index is 0.0330. The molecule has 2 aromatic rings. The normalized spacial score (nSPS) is 17.9. The number of ketones is 1. The number of amides is 3. The van der Waals surface area contributed by atoms with Crippen molar-refractivity contribution in [1.29, 1.82) is 0 Å². The molecule has 2 heterocycles. The molecule has 8 nitrogen and oxygen atoms in total. The Morgan fingerprint density at radius 2 is 1.90 bits per heavy atom.